The minimum Gasteiger partial charge on any atom is -0.427 e. The summed E-state index contributed by atoms with van der Waals surface area (Å²) in [6.07, 6.45) is 3.06. The molecule has 2 aromatic carbocycles. The lowest BCUT2D eigenvalue weighted by Crippen LogP contribution is -2.06. The van der Waals surface area contributed by atoms with E-state index >= 15 is 0 Å². The topological polar surface area (TPSA) is 42.1 Å². The molecule has 0 fully saturated rings. The summed E-state index contributed by atoms with van der Waals surface area (Å²) >= 11 is 11.6. The SMILES string of the molecule is CCCC(=O)Oc1ccccc1.Clc1ccc2[nH]cc(Cl)c2c1. The molecule has 1 heterocycles. The zero-order valence-corrected chi connectivity index (χ0v) is 14.2. The molecule has 1 aromatic heterocycles. The lowest BCUT2D eigenvalue weighted by molar-refractivity contribution is -0.134. The molecule has 1 N–H and O–H groups in total. The van der Waals surface area contributed by atoms with E-state index in [1.54, 1.807) is 18.3 Å². The number of hydrogen-bond donors (Lipinski definition) is 1. The Balaban J connectivity index is 0.000000167. The first-order valence-electron chi connectivity index (χ1n) is 7.28. The zero-order valence-electron chi connectivity index (χ0n) is 12.7. The molecular weight excluding hydrogens is 333 g/mol. The van der Waals surface area contributed by atoms with E-state index in [9.17, 15) is 4.79 Å². The van der Waals surface area contributed by atoms with Crippen molar-refractivity contribution in [2.75, 3.05) is 0 Å². The molecule has 0 aliphatic carbocycles. The van der Waals surface area contributed by atoms with E-state index < -0.39 is 0 Å². The summed E-state index contributed by atoms with van der Waals surface area (Å²) in [5.41, 5.74) is 1.01. The molecule has 3 aromatic rings. The van der Waals surface area contributed by atoms with Crippen LogP contribution in [0, 0.1) is 0 Å². The van der Waals surface area contributed by atoms with Gasteiger partial charge in [0.15, 0.2) is 0 Å². The number of fused-ring (bicyclic) bond motifs is 1. The molecule has 0 unspecified atom stereocenters. The van der Waals surface area contributed by atoms with Crippen molar-refractivity contribution in [3.8, 4) is 5.75 Å². The fraction of sp³-hybridized carbons (Fsp3) is 0.167. The number of carbonyl (C=O) groups is 1. The highest BCUT2D eigenvalue weighted by Crippen LogP contribution is 2.25. The van der Waals surface area contributed by atoms with Gasteiger partial charge in [-0.2, -0.15) is 0 Å². The second kappa shape index (κ2) is 8.61. The van der Waals surface area contributed by atoms with Gasteiger partial charge in [-0.25, -0.2) is 0 Å². The van der Waals surface area contributed by atoms with Crippen LogP contribution in [0.3, 0.4) is 0 Å². The van der Waals surface area contributed by atoms with E-state index in [0.29, 0.717) is 22.2 Å². The molecule has 23 heavy (non-hydrogen) atoms. The van der Waals surface area contributed by atoms with E-state index in [0.717, 1.165) is 17.3 Å². The molecule has 3 rings (SSSR count). The minimum absolute atomic E-state index is 0.163. The van der Waals surface area contributed by atoms with Gasteiger partial charge < -0.3 is 9.72 Å². The number of nitrogens with one attached hydrogen (secondary N) is 1. The molecule has 0 bridgehead atoms. The first-order chi connectivity index (χ1) is 11.1. The fourth-order valence-corrected chi connectivity index (χ4v) is 2.32. The Labute approximate surface area is 145 Å². The highest BCUT2D eigenvalue weighted by molar-refractivity contribution is 6.36. The Kier molecular flexibility index (Phi) is 6.51. The van der Waals surface area contributed by atoms with E-state index in [1.807, 2.05) is 43.3 Å². The largest absolute Gasteiger partial charge is 0.427 e. The molecule has 120 valence electrons. The molecule has 0 spiro atoms. The van der Waals surface area contributed by atoms with Crippen molar-refractivity contribution in [1.82, 2.24) is 4.98 Å². The second-order valence-electron chi connectivity index (χ2n) is 4.86. The fourth-order valence-electron chi connectivity index (χ4n) is 1.93. The summed E-state index contributed by atoms with van der Waals surface area (Å²) in [4.78, 5) is 14.0. The van der Waals surface area contributed by atoms with Gasteiger partial charge in [-0.3, -0.25) is 4.79 Å². The highest BCUT2D eigenvalue weighted by atomic mass is 35.5. The minimum atomic E-state index is -0.163. The van der Waals surface area contributed by atoms with E-state index in [-0.39, 0.29) is 5.97 Å². The average Bonchev–Trinajstić information content (AvgIpc) is 2.90. The van der Waals surface area contributed by atoms with Crippen molar-refractivity contribution in [3.05, 3.63) is 64.8 Å². The van der Waals surface area contributed by atoms with Gasteiger partial charge in [-0.15, -0.1) is 0 Å². The maximum Gasteiger partial charge on any atom is 0.311 e. The standard InChI is InChI=1S/C10H12O2.C8H5Cl2N/c1-2-6-10(11)12-9-7-4-3-5-8-9;9-5-1-2-8-6(3-5)7(10)4-11-8/h3-5,7-8H,2,6H2,1H3;1-4,11H. The predicted octanol–water partition coefficient (Wildman–Crippen LogP) is 5.87. The molecule has 0 saturated carbocycles. The van der Waals surface area contributed by atoms with Gasteiger partial charge >= 0.3 is 5.97 Å². The van der Waals surface area contributed by atoms with Gasteiger partial charge in [0.1, 0.15) is 5.75 Å². The van der Waals surface area contributed by atoms with Crippen LogP contribution in [-0.4, -0.2) is 11.0 Å². The number of aromatic nitrogens is 1. The summed E-state index contributed by atoms with van der Waals surface area (Å²) in [6.45, 7) is 1.95. The van der Waals surface area contributed by atoms with Crippen LogP contribution in [0.4, 0.5) is 0 Å². The van der Waals surface area contributed by atoms with Crippen molar-refractivity contribution in [1.29, 1.82) is 0 Å². The summed E-state index contributed by atoms with van der Waals surface area (Å²) in [5, 5.41) is 2.39. The maximum absolute atomic E-state index is 11.0. The smallest absolute Gasteiger partial charge is 0.311 e. The van der Waals surface area contributed by atoms with Gasteiger partial charge in [0, 0.05) is 28.5 Å². The average molecular weight is 350 g/mol. The first kappa shape index (κ1) is 17.4. The first-order valence-corrected chi connectivity index (χ1v) is 8.03. The Bertz CT molecular complexity index is 769. The third-order valence-corrected chi connectivity index (χ3v) is 3.57. The molecule has 0 saturated heterocycles. The number of benzene rings is 2. The van der Waals surface area contributed by atoms with Gasteiger partial charge in [0.25, 0.3) is 0 Å². The number of hydrogen-bond acceptors (Lipinski definition) is 2. The zero-order chi connectivity index (χ0) is 16.7. The van der Waals surface area contributed by atoms with Crippen LogP contribution >= 0.6 is 23.2 Å². The van der Waals surface area contributed by atoms with Crippen LogP contribution in [0.25, 0.3) is 10.9 Å². The second-order valence-corrected chi connectivity index (χ2v) is 5.71. The molecule has 0 amide bonds. The van der Waals surface area contributed by atoms with E-state index in [1.165, 1.54) is 0 Å². The van der Waals surface area contributed by atoms with Crippen LogP contribution in [0.2, 0.25) is 10.0 Å². The van der Waals surface area contributed by atoms with E-state index in [2.05, 4.69) is 4.98 Å². The van der Waals surface area contributed by atoms with Crippen LogP contribution in [0.15, 0.2) is 54.7 Å². The number of aromatic amines is 1. The number of rotatable bonds is 3. The number of carbonyl (C=O) groups excluding carboxylic acids is 1. The summed E-state index contributed by atoms with van der Waals surface area (Å²) < 4.78 is 5.02. The molecule has 3 nitrogen and oxygen atoms in total. The van der Waals surface area contributed by atoms with Gasteiger partial charge in [-0.05, 0) is 36.8 Å². The number of halogens is 2. The number of H-pyrrole nitrogens is 1. The van der Waals surface area contributed by atoms with Crippen LogP contribution in [0.1, 0.15) is 19.8 Å². The van der Waals surface area contributed by atoms with Crippen molar-refractivity contribution in [3.63, 3.8) is 0 Å². The number of para-hydroxylation sites is 1. The summed E-state index contributed by atoms with van der Waals surface area (Å²) in [5.74, 6) is 0.458. The van der Waals surface area contributed by atoms with Crippen LogP contribution in [0.5, 0.6) is 5.75 Å². The summed E-state index contributed by atoms with van der Waals surface area (Å²) in [7, 11) is 0. The highest BCUT2D eigenvalue weighted by Gasteiger charge is 2.01. The molecule has 0 radical (unpaired) electrons. The van der Waals surface area contributed by atoms with Crippen LogP contribution in [-0.2, 0) is 4.79 Å². The van der Waals surface area contributed by atoms with Gasteiger partial charge in [-0.1, -0.05) is 48.3 Å². The molecule has 0 aliphatic rings. The van der Waals surface area contributed by atoms with Gasteiger partial charge in [0.05, 0.1) is 5.02 Å². The third-order valence-electron chi connectivity index (χ3n) is 3.02. The monoisotopic (exact) mass is 349 g/mol. The Hall–Kier alpha value is -1.97. The Morgan fingerprint density at radius 2 is 1.87 bits per heavy atom. The van der Waals surface area contributed by atoms with Crippen molar-refractivity contribution in [2.24, 2.45) is 0 Å². The maximum atomic E-state index is 11.0. The lowest BCUT2D eigenvalue weighted by Gasteiger charge is -2.01. The molecular formula is C18H17Cl2NO2. The van der Waals surface area contributed by atoms with Crippen molar-refractivity contribution >= 4 is 40.1 Å². The molecule has 0 atom stereocenters. The number of esters is 1. The molecule has 0 aliphatic heterocycles. The van der Waals surface area contributed by atoms with Crippen molar-refractivity contribution in [2.45, 2.75) is 19.8 Å². The summed E-state index contributed by atoms with van der Waals surface area (Å²) in [6, 6.07) is 14.7. The van der Waals surface area contributed by atoms with E-state index in [4.69, 9.17) is 27.9 Å². The normalized spacial score (nSPS) is 10.0. The third kappa shape index (κ3) is 5.31. The Morgan fingerprint density at radius 1 is 1.13 bits per heavy atom. The van der Waals surface area contributed by atoms with Crippen molar-refractivity contribution < 1.29 is 9.53 Å². The number of ether oxygens (including phenoxy) is 1. The van der Waals surface area contributed by atoms with Gasteiger partial charge in [0.2, 0.25) is 0 Å². The quantitative estimate of drug-likeness (QED) is 0.474. The molecule has 5 heteroatoms. The Morgan fingerprint density at radius 3 is 2.57 bits per heavy atom. The van der Waals surface area contributed by atoms with Crippen LogP contribution < -0.4 is 4.74 Å². The predicted molar refractivity (Wildman–Crippen MR) is 95.3 cm³/mol. The lowest BCUT2D eigenvalue weighted by atomic mass is 10.2.